The maximum Gasteiger partial charge on any atom is 0.418 e. The van der Waals surface area contributed by atoms with E-state index in [4.69, 9.17) is 0 Å². The van der Waals surface area contributed by atoms with Crippen LogP contribution in [0.2, 0.25) is 0 Å². The van der Waals surface area contributed by atoms with Crippen LogP contribution in [0.4, 0.5) is 13.2 Å². The van der Waals surface area contributed by atoms with Crippen LogP contribution in [0.15, 0.2) is 46.2 Å². The molecule has 0 saturated carbocycles. The fraction of sp³-hybridized carbons (Fsp3) is 0.478. The van der Waals surface area contributed by atoms with Crippen molar-refractivity contribution in [3.8, 4) is 0 Å². The molecule has 0 bridgehead atoms. The third-order valence-corrected chi connectivity index (χ3v) is 6.60. The van der Waals surface area contributed by atoms with Gasteiger partial charge in [0.25, 0.3) is 0 Å². The number of aliphatic hydroxyl groups is 1. The Morgan fingerprint density at radius 2 is 1.31 bits per heavy atom. The van der Waals surface area contributed by atoms with Crippen molar-refractivity contribution in [1.82, 2.24) is 0 Å². The molecule has 6 heteroatoms. The highest BCUT2D eigenvalue weighted by Gasteiger charge is 2.41. The summed E-state index contributed by atoms with van der Waals surface area (Å²) in [4.78, 5) is 0.555. The summed E-state index contributed by atoms with van der Waals surface area (Å²) >= 11 is 0. The van der Waals surface area contributed by atoms with Gasteiger partial charge < -0.3 is 5.11 Å². The van der Waals surface area contributed by atoms with Crippen LogP contribution in [-0.4, -0.2) is 15.5 Å². The van der Waals surface area contributed by atoms with Crippen molar-refractivity contribution in [1.29, 1.82) is 0 Å². The third-order valence-electron chi connectivity index (χ3n) is 4.99. The average molecular weight is 427 g/mol. The van der Waals surface area contributed by atoms with Crippen LogP contribution in [0.5, 0.6) is 0 Å². The zero-order valence-electron chi connectivity index (χ0n) is 17.7. The molecule has 29 heavy (non-hydrogen) atoms. The molecule has 2 nitrogen and oxygen atoms in total. The van der Waals surface area contributed by atoms with E-state index < -0.39 is 23.1 Å². The van der Waals surface area contributed by atoms with E-state index in [1.807, 2.05) is 39.8 Å². The highest BCUT2D eigenvalue weighted by atomic mass is 32.2. The normalized spacial score (nSPS) is 14.7. The first kappa shape index (κ1) is 23.6. The van der Waals surface area contributed by atoms with E-state index >= 15 is 0 Å². The van der Waals surface area contributed by atoms with Crippen LogP contribution < -0.4 is 0 Å². The standard InChI is InChI=1S/C23H29F3O2S/c1-13(2)16-11-18(14(3)4)21(19(12-16)15(5)6)29(28)20-10-8-7-9-17(20)22(27)23(24,25)26/h7-15,22,27H,1-6H3/t22-,29?/m1/s1. The Kier molecular flexibility index (Phi) is 7.33. The van der Waals surface area contributed by atoms with Crippen molar-refractivity contribution in [2.45, 2.75) is 81.4 Å². The van der Waals surface area contributed by atoms with Gasteiger partial charge in [-0.05, 0) is 40.5 Å². The lowest BCUT2D eigenvalue weighted by atomic mass is 9.89. The molecule has 0 aliphatic rings. The second kappa shape index (κ2) is 9.00. The van der Waals surface area contributed by atoms with Gasteiger partial charge in [-0.25, -0.2) is 4.21 Å². The smallest absolute Gasteiger partial charge is 0.379 e. The summed E-state index contributed by atoms with van der Waals surface area (Å²) < 4.78 is 53.2. The summed E-state index contributed by atoms with van der Waals surface area (Å²) in [6, 6.07) is 9.59. The molecule has 0 saturated heterocycles. The van der Waals surface area contributed by atoms with Gasteiger partial charge in [-0.3, -0.25) is 0 Å². The van der Waals surface area contributed by atoms with E-state index in [0.717, 1.165) is 16.7 Å². The van der Waals surface area contributed by atoms with Gasteiger partial charge in [0.15, 0.2) is 6.10 Å². The maximum atomic E-state index is 13.7. The lowest BCUT2D eigenvalue weighted by molar-refractivity contribution is -0.207. The Morgan fingerprint density at radius 3 is 1.72 bits per heavy atom. The van der Waals surface area contributed by atoms with Gasteiger partial charge >= 0.3 is 6.18 Å². The zero-order valence-corrected chi connectivity index (χ0v) is 18.5. The second-order valence-electron chi connectivity index (χ2n) is 8.24. The molecule has 160 valence electrons. The van der Waals surface area contributed by atoms with Gasteiger partial charge in [-0.1, -0.05) is 71.9 Å². The first-order valence-electron chi connectivity index (χ1n) is 9.79. The Balaban J connectivity index is 2.77. The summed E-state index contributed by atoms with van der Waals surface area (Å²) in [7, 11) is -1.86. The number of rotatable bonds is 6. The van der Waals surface area contributed by atoms with Gasteiger partial charge in [-0.2, -0.15) is 13.2 Å². The molecule has 0 heterocycles. The predicted molar refractivity (Wildman–Crippen MR) is 111 cm³/mol. The van der Waals surface area contributed by atoms with E-state index in [2.05, 4.69) is 13.8 Å². The SMILES string of the molecule is CC(C)c1cc(C(C)C)c(S(=O)c2ccccc2[C@@H](O)C(F)(F)F)c(C(C)C)c1. The average Bonchev–Trinajstić information content (AvgIpc) is 2.64. The molecule has 0 fully saturated rings. The largest absolute Gasteiger partial charge is 0.418 e. The Hall–Kier alpha value is -1.66. The van der Waals surface area contributed by atoms with E-state index in [1.165, 1.54) is 18.2 Å². The van der Waals surface area contributed by atoms with Crippen LogP contribution in [-0.2, 0) is 10.8 Å². The number of benzene rings is 2. The van der Waals surface area contributed by atoms with E-state index in [0.29, 0.717) is 4.90 Å². The topological polar surface area (TPSA) is 37.3 Å². The quantitative estimate of drug-likeness (QED) is 0.550. The number of alkyl halides is 3. The fourth-order valence-electron chi connectivity index (χ4n) is 3.27. The van der Waals surface area contributed by atoms with Gasteiger partial charge in [-0.15, -0.1) is 0 Å². The van der Waals surface area contributed by atoms with E-state index in [1.54, 1.807) is 6.07 Å². The number of halogens is 3. The number of aliphatic hydroxyl groups excluding tert-OH is 1. The highest BCUT2D eigenvalue weighted by molar-refractivity contribution is 7.85. The Morgan fingerprint density at radius 1 is 0.828 bits per heavy atom. The molecule has 0 aromatic heterocycles. The monoisotopic (exact) mass is 426 g/mol. The van der Waals surface area contributed by atoms with Crippen LogP contribution in [0.25, 0.3) is 0 Å². The predicted octanol–water partition coefficient (Wildman–Crippen LogP) is 6.82. The minimum Gasteiger partial charge on any atom is -0.379 e. The molecule has 1 N–H and O–H groups in total. The second-order valence-corrected chi connectivity index (χ2v) is 9.63. The van der Waals surface area contributed by atoms with Crippen LogP contribution in [0.3, 0.4) is 0 Å². The summed E-state index contributed by atoms with van der Waals surface area (Å²) in [6.07, 6.45) is -7.51. The van der Waals surface area contributed by atoms with Crippen molar-refractivity contribution in [2.75, 3.05) is 0 Å². The highest BCUT2D eigenvalue weighted by Crippen LogP contribution is 2.40. The van der Waals surface area contributed by atoms with Crippen LogP contribution in [0.1, 0.15) is 87.7 Å². The Bertz CT molecular complexity index is 857. The first-order valence-corrected chi connectivity index (χ1v) is 10.9. The van der Waals surface area contributed by atoms with Crippen molar-refractivity contribution < 1.29 is 22.5 Å². The third kappa shape index (κ3) is 5.10. The molecule has 2 atom stereocenters. The molecule has 0 spiro atoms. The van der Waals surface area contributed by atoms with Crippen LogP contribution >= 0.6 is 0 Å². The molecular formula is C23H29F3O2S. The zero-order chi connectivity index (χ0) is 22.1. The Labute approximate surface area is 173 Å². The molecule has 2 rings (SSSR count). The lowest BCUT2D eigenvalue weighted by Gasteiger charge is -2.24. The van der Waals surface area contributed by atoms with Crippen LogP contribution in [0, 0.1) is 0 Å². The molecule has 0 amide bonds. The molecular weight excluding hydrogens is 397 g/mol. The van der Waals surface area contributed by atoms with E-state index in [9.17, 15) is 22.5 Å². The summed E-state index contributed by atoms with van der Waals surface area (Å²) in [6.45, 7) is 12.1. The molecule has 0 aliphatic carbocycles. The van der Waals surface area contributed by atoms with Gasteiger partial charge in [0, 0.05) is 10.5 Å². The first-order chi connectivity index (χ1) is 13.4. The lowest BCUT2D eigenvalue weighted by Crippen LogP contribution is -2.22. The molecule has 0 aliphatic heterocycles. The minimum absolute atomic E-state index is 0.00146. The van der Waals surface area contributed by atoms with Crippen molar-refractivity contribution >= 4 is 10.8 Å². The molecule has 0 radical (unpaired) electrons. The van der Waals surface area contributed by atoms with Crippen molar-refractivity contribution in [3.63, 3.8) is 0 Å². The summed E-state index contributed by atoms with van der Waals surface area (Å²) in [5.74, 6) is 0.363. The van der Waals surface area contributed by atoms with Gasteiger partial charge in [0.05, 0.1) is 15.7 Å². The molecule has 1 unspecified atom stereocenters. The molecule has 2 aromatic carbocycles. The number of hydrogen-bond donors (Lipinski definition) is 1. The maximum absolute atomic E-state index is 13.7. The molecule has 2 aromatic rings. The summed E-state index contributed by atoms with van der Waals surface area (Å²) in [5, 5.41) is 9.85. The minimum atomic E-state index is -4.83. The summed E-state index contributed by atoms with van der Waals surface area (Å²) in [5.41, 5.74) is 2.49. The fourth-order valence-corrected chi connectivity index (χ4v) is 5.10. The van der Waals surface area contributed by atoms with Gasteiger partial charge in [0.2, 0.25) is 0 Å². The van der Waals surface area contributed by atoms with Crippen molar-refractivity contribution in [2.24, 2.45) is 0 Å². The van der Waals surface area contributed by atoms with Gasteiger partial charge in [0.1, 0.15) is 0 Å². The van der Waals surface area contributed by atoms with Crippen molar-refractivity contribution in [3.05, 3.63) is 58.7 Å². The van der Waals surface area contributed by atoms with E-state index in [-0.39, 0.29) is 28.2 Å². The number of hydrogen-bond acceptors (Lipinski definition) is 2.